The Morgan fingerprint density at radius 3 is 2.21 bits per heavy atom. The number of non-ortho nitro benzene ring substituents is 2. The number of carbonyl (C=O) groups is 1. The van der Waals surface area contributed by atoms with Gasteiger partial charge in [-0.2, -0.15) is 0 Å². The summed E-state index contributed by atoms with van der Waals surface area (Å²) in [6.45, 7) is 1.89. The topological polar surface area (TPSA) is 187 Å². The molecular weight excluding hydrogens is 540 g/mol. The summed E-state index contributed by atoms with van der Waals surface area (Å²) in [5, 5.41) is 33.3. The molecule has 0 amide bonds. The fraction of sp³-hybridized carbons (Fsp3) is 0.0833. The van der Waals surface area contributed by atoms with Gasteiger partial charge in [-0.05, 0) is 42.8 Å². The lowest BCUT2D eigenvalue weighted by Gasteiger charge is -2.12. The van der Waals surface area contributed by atoms with E-state index >= 15 is 0 Å². The van der Waals surface area contributed by atoms with Crippen molar-refractivity contribution in [3.8, 4) is 17.2 Å². The van der Waals surface area contributed by atoms with Gasteiger partial charge in [0.1, 0.15) is 0 Å². The maximum atomic E-state index is 12.4. The minimum atomic E-state index is -0.806. The predicted molar refractivity (Wildman–Crippen MR) is 136 cm³/mol. The highest BCUT2D eigenvalue weighted by molar-refractivity contribution is 6.34. The SMILES string of the molecule is CCOc1cc(/C=C2\N=C(c3ccc([N+](=O)[O-])cc3Cl)OC2=O)ccc1Oc1ccc([N+](=O)[O-])cc1[N+](=O)[O-]. The number of benzene rings is 3. The average Bonchev–Trinajstić information content (AvgIpc) is 3.24. The van der Waals surface area contributed by atoms with Gasteiger partial charge < -0.3 is 14.2 Å². The third-order valence-electron chi connectivity index (χ3n) is 5.16. The van der Waals surface area contributed by atoms with Crippen molar-refractivity contribution in [2.45, 2.75) is 6.92 Å². The van der Waals surface area contributed by atoms with E-state index in [0.717, 1.165) is 24.3 Å². The normalized spacial score (nSPS) is 13.5. The van der Waals surface area contributed by atoms with Gasteiger partial charge in [0, 0.05) is 18.2 Å². The van der Waals surface area contributed by atoms with Crippen LogP contribution in [0.5, 0.6) is 17.2 Å². The number of aliphatic imine (C=N–C) groups is 1. The first-order valence-electron chi connectivity index (χ1n) is 10.9. The van der Waals surface area contributed by atoms with Crippen molar-refractivity contribution in [1.82, 2.24) is 0 Å². The number of carbonyl (C=O) groups excluding carboxylic acids is 1. The van der Waals surface area contributed by atoms with Crippen LogP contribution in [0.1, 0.15) is 18.1 Å². The molecule has 4 rings (SSSR count). The van der Waals surface area contributed by atoms with E-state index < -0.39 is 32.1 Å². The van der Waals surface area contributed by atoms with Crippen LogP contribution >= 0.6 is 11.6 Å². The Hall–Kier alpha value is -5.37. The molecule has 0 saturated heterocycles. The van der Waals surface area contributed by atoms with E-state index in [0.29, 0.717) is 5.56 Å². The molecule has 0 unspecified atom stereocenters. The molecule has 3 aromatic rings. The summed E-state index contributed by atoms with van der Waals surface area (Å²) in [4.78, 5) is 47.7. The Morgan fingerprint density at radius 1 is 0.897 bits per heavy atom. The molecule has 1 heterocycles. The zero-order chi connectivity index (χ0) is 28.3. The van der Waals surface area contributed by atoms with Crippen molar-refractivity contribution in [3.05, 3.63) is 107 Å². The molecule has 0 aliphatic carbocycles. The van der Waals surface area contributed by atoms with E-state index in [2.05, 4.69) is 4.99 Å². The highest BCUT2D eigenvalue weighted by Gasteiger charge is 2.27. The van der Waals surface area contributed by atoms with Crippen LogP contribution in [0.4, 0.5) is 17.1 Å². The Labute approximate surface area is 223 Å². The molecule has 1 aliphatic rings. The smallest absolute Gasteiger partial charge is 0.363 e. The second-order valence-corrected chi connectivity index (χ2v) is 8.07. The third-order valence-corrected chi connectivity index (χ3v) is 5.47. The quantitative estimate of drug-likeness (QED) is 0.139. The average molecular weight is 555 g/mol. The van der Waals surface area contributed by atoms with Crippen LogP contribution in [0.25, 0.3) is 6.08 Å². The number of hydrogen-bond acceptors (Lipinski definition) is 11. The number of esters is 1. The van der Waals surface area contributed by atoms with Gasteiger partial charge in [-0.15, -0.1) is 0 Å². The van der Waals surface area contributed by atoms with Gasteiger partial charge in [-0.25, -0.2) is 9.79 Å². The molecule has 0 radical (unpaired) electrons. The molecule has 0 aromatic heterocycles. The molecule has 3 aromatic carbocycles. The van der Waals surface area contributed by atoms with Crippen molar-refractivity contribution in [1.29, 1.82) is 0 Å². The summed E-state index contributed by atoms with van der Waals surface area (Å²) in [5.74, 6) is -0.938. The zero-order valence-electron chi connectivity index (χ0n) is 19.7. The number of nitrogens with zero attached hydrogens (tertiary/aromatic N) is 4. The van der Waals surface area contributed by atoms with Crippen LogP contribution < -0.4 is 9.47 Å². The highest BCUT2D eigenvalue weighted by Crippen LogP contribution is 2.39. The van der Waals surface area contributed by atoms with E-state index in [1.54, 1.807) is 6.92 Å². The lowest BCUT2D eigenvalue weighted by Crippen LogP contribution is -2.06. The summed E-state index contributed by atoms with van der Waals surface area (Å²) < 4.78 is 16.4. The Kier molecular flexibility index (Phi) is 7.48. The number of nitro benzene ring substituents is 3. The number of rotatable bonds is 9. The maximum absolute atomic E-state index is 12.4. The van der Waals surface area contributed by atoms with Crippen molar-refractivity contribution < 1.29 is 33.8 Å². The van der Waals surface area contributed by atoms with Gasteiger partial charge in [0.15, 0.2) is 17.2 Å². The lowest BCUT2D eigenvalue weighted by molar-refractivity contribution is -0.394. The van der Waals surface area contributed by atoms with E-state index in [1.807, 2.05) is 0 Å². The molecule has 0 fully saturated rings. The van der Waals surface area contributed by atoms with Crippen LogP contribution in [0, 0.1) is 30.3 Å². The third kappa shape index (κ3) is 5.80. The van der Waals surface area contributed by atoms with Gasteiger partial charge in [0.05, 0.1) is 38.0 Å². The highest BCUT2D eigenvalue weighted by atomic mass is 35.5. The standard InChI is InChI=1S/C24H15ClN4O10/c1-2-37-22-10-13(3-7-21(22)38-20-8-5-15(28(33)34)12-19(20)29(35)36)9-18-24(30)39-23(26-18)16-6-4-14(27(31)32)11-17(16)25/h3-12H,2H2,1H3/b18-9-. The largest absolute Gasteiger partial charge is 0.490 e. The first kappa shape index (κ1) is 26.7. The lowest BCUT2D eigenvalue weighted by atomic mass is 10.1. The van der Waals surface area contributed by atoms with Crippen molar-refractivity contribution in [3.63, 3.8) is 0 Å². The van der Waals surface area contributed by atoms with E-state index in [4.69, 9.17) is 25.8 Å². The van der Waals surface area contributed by atoms with Crippen LogP contribution in [0.2, 0.25) is 5.02 Å². The maximum Gasteiger partial charge on any atom is 0.363 e. The molecule has 14 nitrogen and oxygen atoms in total. The number of halogens is 1. The van der Waals surface area contributed by atoms with Gasteiger partial charge in [0.25, 0.3) is 11.4 Å². The number of nitro groups is 3. The monoisotopic (exact) mass is 554 g/mol. The number of hydrogen-bond donors (Lipinski definition) is 0. The van der Waals surface area contributed by atoms with E-state index in [-0.39, 0.29) is 51.7 Å². The molecular formula is C24H15ClN4O10. The fourth-order valence-electron chi connectivity index (χ4n) is 3.41. The van der Waals surface area contributed by atoms with E-state index in [1.165, 1.54) is 36.4 Å². The first-order chi connectivity index (χ1) is 18.6. The fourth-order valence-corrected chi connectivity index (χ4v) is 3.66. The van der Waals surface area contributed by atoms with Crippen LogP contribution in [0.3, 0.4) is 0 Å². The second kappa shape index (κ2) is 10.9. The molecule has 15 heteroatoms. The summed E-state index contributed by atoms with van der Waals surface area (Å²) >= 11 is 6.10. The first-order valence-corrected chi connectivity index (χ1v) is 11.3. The molecule has 198 valence electrons. The summed E-state index contributed by atoms with van der Waals surface area (Å²) in [7, 11) is 0. The van der Waals surface area contributed by atoms with Crippen LogP contribution in [0.15, 0.2) is 65.3 Å². The van der Waals surface area contributed by atoms with Gasteiger partial charge in [0.2, 0.25) is 11.6 Å². The molecule has 0 bridgehead atoms. The van der Waals surface area contributed by atoms with Crippen LogP contribution in [-0.2, 0) is 9.53 Å². The summed E-state index contributed by atoms with van der Waals surface area (Å²) in [6.07, 6.45) is 1.38. The number of ether oxygens (including phenoxy) is 3. The van der Waals surface area contributed by atoms with Crippen molar-refractivity contribution in [2.75, 3.05) is 6.61 Å². The summed E-state index contributed by atoms with van der Waals surface area (Å²) in [5.41, 5.74) is -0.813. The predicted octanol–water partition coefficient (Wildman–Crippen LogP) is 5.60. The molecule has 0 spiro atoms. The Morgan fingerprint density at radius 2 is 1.56 bits per heavy atom. The number of cyclic esters (lactones) is 1. The molecule has 39 heavy (non-hydrogen) atoms. The van der Waals surface area contributed by atoms with E-state index in [9.17, 15) is 35.1 Å². The van der Waals surface area contributed by atoms with Gasteiger partial charge >= 0.3 is 11.7 Å². The Bertz CT molecular complexity index is 1600. The second-order valence-electron chi connectivity index (χ2n) is 7.66. The summed E-state index contributed by atoms with van der Waals surface area (Å²) in [6, 6.07) is 11.0. The minimum Gasteiger partial charge on any atom is -0.490 e. The van der Waals surface area contributed by atoms with Gasteiger partial charge in [-0.1, -0.05) is 17.7 Å². The molecule has 0 N–H and O–H groups in total. The minimum absolute atomic E-state index is 0.0301. The van der Waals surface area contributed by atoms with Crippen molar-refractivity contribution in [2.24, 2.45) is 4.99 Å². The molecule has 0 saturated carbocycles. The van der Waals surface area contributed by atoms with Crippen LogP contribution in [-0.4, -0.2) is 33.2 Å². The Balaban J connectivity index is 1.65. The van der Waals surface area contributed by atoms with Gasteiger partial charge in [-0.3, -0.25) is 30.3 Å². The zero-order valence-corrected chi connectivity index (χ0v) is 20.5. The molecule has 1 aliphatic heterocycles. The van der Waals surface area contributed by atoms with Crippen molar-refractivity contribution >= 4 is 46.6 Å². The molecule has 0 atom stereocenters.